The first-order chi connectivity index (χ1) is 8.72. The number of hydrogen-bond donors (Lipinski definition) is 2. The van der Waals surface area contributed by atoms with Gasteiger partial charge in [-0.3, -0.25) is 0 Å². The number of rotatable bonds is 7. The van der Waals surface area contributed by atoms with Gasteiger partial charge in [-0.05, 0) is 25.5 Å². The van der Waals surface area contributed by atoms with Gasteiger partial charge in [-0.2, -0.15) is 0 Å². The van der Waals surface area contributed by atoms with E-state index in [0.29, 0.717) is 6.54 Å². The minimum Gasteiger partial charge on any atom is -0.469 e. The van der Waals surface area contributed by atoms with E-state index in [2.05, 4.69) is 29.1 Å². The van der Waals surface area contributed by atoms with Crippen molar-refractivity contribution in [3.8, 4) is 0 Å². The van der Waals surface area contributed by atoms with Gasteiger partial charge in [0.25, 0.3) is 0 Å². The van der Waals surface area contributed by atoms with Crippen LogP contribution in [0.2, 0.25) is 0 Å². The standard InChI is InChI=1S/C14H23N3O/c1-4-8-15-14(17-11-12(2)3)16-9-7-13-6-5-10-18-13/h5-6,10H,2,4,7-9,11H2,1,3H3,(H2,15,16,17). The second-order valence-corrected chi connectivity index (χ2v) is 4.30. The lowest BCUT2D eigenvalue weighted by Gasteiger charge is -2.11. The lowest BCUT2D eigenvalue weighted by atomic mass is 10.3. The minimum absolute atomic E-state index is 0.653. The molecule has 1 aromatic rings. The molecule has 18 heavy (non-hydrogen) atoms. The molecule has 0 atom stereocenters. The summed E-state index contributed by atoms with van der Waals surface area (Å²) in [6, 6.07) is 3.88. The Labute approximate surface area is 109 Å². The quantitative estimate of drug-likeness (QED) is 0.443. The summed E-state index contributed by atoms with van der Waals surface area (Å²) in [6.07, 6.45) is 3.62. The van der Waals surface area contributed by atoms with Gasteiger partial charge in [-0.25, -0.2) is 4.99 Å². The molecular weight excluding hydrogens is 226 g/mol. The zero-order valence-corrected chi connectivity index (χ0v) is 11.3. The van der Waals surface area contributed by atoms with Crippen molar-refractivity contribution < 1.29 is 4.42 Å². The molecule has 0 saturated heterocycles. The second kappa shape index (κ2) is 8.39. The van der Waals surface area contributed by atoms with Gasteiger partial charge >= 0.3 is 0 Å². The molecule has 0 aliphatic rings. The molecule has 1 heterocycles. The topological polar surface area (TPSA) is 49.6 Å². The second-order valence-electron chi connectivity index (χ2n) is 4.30. The summed E-state index contributed by atoms with van der Waals surface area (Å²) in [4.78, 5) is 4.44. The van der Waals surface area contributed by atoms with Crippen LogP contribution in [0, 0.1) is 0 Å². The van der Waals surface area contributed by atoms with Crippen LogP contribution in [0.1, 0.15) is 26.0 Å². The summed E-state index contributed by atoms with van der Waals surface area (Å²) in [5.41, 5.74) is 1.05. The molecule has 0 spiro atoms. The normalized spacial score (nSPS) is 11.3. The van der Waals surface area contributed by atoms with E-state index in [9.17, 15) is 0 Å². The minimum atomic E-state index is 0.653. The average Bonchev–Trinajstić information content (AvgIpc) is 2.84. The SMILES string of the molecule is C=C(C)CN=C(NCCC)NCCc1ccco1. The number of hydrogen-bond acceptors (Lipinski definition) is 2. The van der Waals surface area contributed by atoms with Crippen molar-refractivity contribution in [3.05, 3.63) is 36.3 Å². The monoisotopic (exact) mass is 249 g/mol. The number of furan rings is 1. The van der Waals surface area contributed by atoms with E-state index in [1.54, 1.807) is 6.26 Å². The third kappa shape index (κ3) is 6.13. The molecule has 0 fully saturated rings. The Kier molecular flexibility index (Phi) is 6.69. The number of nitrogens with one attached hydrogen (secondary N) is 2. The van der Waals surface area contributed by atoms with Crippen molar-refractivity contribution in [2.75, 3.05) is 19.6 Å². The van der Waals surface area contributed by atoms with Crippen molar-refractivity contribution in [1.29, 1.82) is 0 Å². The molecule has 0 aliphatic heterocycles. The highest BCUT2D eigenvalue weighted by Gasteiger charge is 1.99. The van der Waals surface area contributed by atoms with Crippen LogP contribution in [-0.4, -0.2) is 25.6 Å². The van der Waals surface area contributed by atoms with Gasteiger partial charge < -0.3 is 15.1 Å². The molecule has 4 heteroatoms. The van der Waals surface area contributed by atoms with E-state index in [1.165, 1.54) is 0 Å². The van der Waals surface area contributed by atoms with Crippen molar-refractivity contribution in [2.24, 2.45) is 4.99 Å². The Hall–Kier alpha value is -1.71. The fraction of sp³-hybridized carbons (Fsp3) is 0.500. The Bertz CT molecular complexity index is 368. The first-order valence-corrected chi connectivity index (χ1v) is 6.41. The first kappa shape index (κ1) is 14.4. The number of aliphatic imine (C=N–C) groups is 1. The van der Waals surface area contributed by atoms with Gasteiger partial charge in [0.1, 0.15) is 5.76 Å². The van der Waals surface area contributed by atoms with Crippen LogP contribution in [0.3, 0.4) is 0 Å². The van der Waals surface area contributed by atoms with Crippen molar-refractivity contribution in [3.63, 3.8) is 0 Å². The Balaban J connectivity index is 2.35. The van der Waals surface area contributed by atoms with Crippen molar-refractivity contribution >= 4 is 5.96 Å². The summed E-state index contributed by atoms with van der Waals surface area (Å²) in [5.74, 6) is 1.82. The molecule has 0 aromatic carbocycles. The lowest BCUT2D eigenvalue weighted by Crippen LogP contribution is -2.39. The maximum Gasteiger partial charge on any atom is 0.191 e. The predicted molar refractivity (Wildman–Crippen MR) is 75.8 cm³/mol. The molecular formula is C14H23N3O. The molecule has 0 bridgehead atoms. The highest BCUT2D eigenvalue weighted by Crippen LogP contribution is 1.99. The lowest BCUT2D eigenvalue weighted by molar-refractivity contribution is 0.506. The van der Waals surface area contributed by atoms with E-state index < -0.39 is 0 Å². The van der Waals surface area contributed by atoms with Crippen LogP contribution in [-0.2, 0) is 6.42 Å². The number of nitrogens with zero attached hydrogens (tertiary/aromatic N) is 1. The van der Waals surface area contributed by atoms with Gasteiger partial charge in [0.15, 0.2) is 5.96 Å². The van der Waals surface area contributed by atoms with E-state index in [1.807, 2.05) is 19.1 Å². The molecule has 0 aliphatic carbocycles. The fourth-order valence-electron chi connectivity index (χ4n) is 1.39. The van der Waals surface area contributed by atoms with Gasteiger partial charge in [0.2, 0.25) is 0 Å². The molecule has 0 unspecified atom stereocenters. The molecule has 1 aromatic heterocycles. The molecule has 100 valence electrons. The highest BCUT2D eigenvalue weighted by molar-refractivity contribution is 5.79. The van der Waals surface area contributed by atoms with Gasteiger partial charge in [-0.1, -0.05) is 19.1 Å². The zero-order valence-electron chi connectivity index (χ0n) is 11.3. The van der Waals surface area contributed by atoms with E-state index in [4.69, 9.17) is 4.42 Å². The molecule has 1 rings (SSSR count). The van der Waals surface area contributed by atoms with Crippen LogP contribution >= 0.6 is 0 Å². The third-order valence-electron chi connectivity index (χ3n) is 2.29. The van der Waals surface area contributed by atoms with Crippen LogP contribution in [0.15, 0.2) is 40.0 Å². The molecule has 0 amide bonds. The fourth-order valence-corrected chi connectivity index (χ4v) is 1.39. The summed E-state index contributed by atoms with van der Waals surface area (Å²) in [6.45, 7) is 10.3. The first-order valence-electron chi connectivity index (χ1n) is 6.41. The van der Waals surface area contributed by atoms with Gasteiger partial charge in [0.05, 0.1) is 12.8 Å². The average molecular weight is 249 g/mol. The summed E-state index contributed by atoms with van der Waals surface area (Å²) >= 11 is 0. The molecule has 2 N–H and O–H groups in total. The van der Waals surface area contributed by atoms with Crippen LogP contribution < -0.4 is 10.6 Å². The third-order valence-corrected chi connectivity index (χ3v) is 2.29. The molecule has 0 saturated carbocycles. The van der Waals surface area contributed by atoms with E-state index >= 15 is 0 Å². The maximum atomic E-state index is 5.28. The predicted octanol–water partition coefficient (Wildman–Crippen LogP) is 2.34. The smallest absolute Gasteiger partial charge is 0.191 e. The Morgan fingerprint density at radius 3 is 2.78 bits per heavy atom. The van der Waals surface area contributed by atoms with Crippen LogP contribution in [0.5, 0.6) is 0 Å². The van der Waals surface area contributed by atoms with Crippen molar-refractivity contribution in [2.45, 2.75) is 26.7 Å². The molecule has 0 radical (unpaired) electrons. The molecule has 4 nitrogen and oxygen atoms in total. The summed E-state index contributed by atoms with van der Waals surface area (Å²) in [5, 5.41) is 6.56. The highest BCUT2D eigenvalue weighted by atomic mass is 16.3. The zero-order chi connectivity index (χ0) is 13.2. The summed E-state index contributed by atoms with van der Waals surface area (Å²) < 4.78 is 5.28. The van der Waals surface area contributed by atoms with Crippen molar-refractivity contribution in [1.82, 2.24) is 10.6 Å². The van der Waals surface area contributed by atoms with Gasteiger partial charge in [0, 0.05) is 19.5 Å². The number of guanidine groups is 1. The van der Waals surface area contributed by atoms with Gasteiger partial charge in [-0.15, -0.1) is 0 Å². The van der Waals surface area contributed by atoms with Crippen LogP contribution in [0.25, 0.3) is 0 Å². The largest absolute Gasteiger partial charge is 0.469 e. The Morgan fingerprint density at radius 2 is 2.17 bits per heavy atom. The Morgan fingerprint density at radius 1 is 1.39 bits per heavy atom. The van der Waals surface area contributed by atoms with E-state index in [0.717, 1.165) is 43.2 Å². The van der Waals surface area contributed by atoms with Crippen LogP contribution in [0.4, 0.5) is 0 Å². The summed E-state index contributed by atoms with van der Waals surface area (Å²) in [7, 11) is 0. The maximum absolute atomic E-state index is 5.28. The van der Waals surface area contributed by atoms with E-state index in [-0.39, 0.29) is 0 Å².